The maximum Gasteiger partial charge on any atom is 0.0513 e. The van der Waals surface area contributed by atoms with Gasteiger partial charge in [0.1, 0.15) is 0 Å². The van der Waals surface area contributed by atoms with Gasteiger partial charge >= 0.3 is 0 Å². The van der Waals surface area contributed by atoms with Gasteiger partial charge in [0.05, 0.1) is 5.92 Å². The van der Waals surface area contributed by atoms with Gasteiger partial charge in [-0.25, -0.2) is 0 Å². The van der Waals surface area contributed by atoms with Gasteiger partial charge in [0, 0.05) is 23.1 Å². The molecule has 0 fully saturated rings. The van der Waals surface area contributed by atoms with Crippen molar-refractivity contribution in [3.05, 3.63) is 99.8 Å². The van der Waals surface area contributed by atoms with Crippen LogP contribution in [-0.2, 0) is 0 Å². The van der Waals surface area contributed by atoms with Crippen LogP contribution in [0.4, 0.5) is 5.69 Å². The molecule has 1 heterocycles. The Morgan fingerprint density at radius 1 is 1.03 bits per heavy atom. The van der Waals surface area contributed by atoms with Crippen LogP contribution in [0.1, 0.15) is 67.7 Å². The largest absolute Gasteiger partial charge is 0.379 e. The summed E-state index contributed by atoms with van der Waals surface area (Å²) in [7, 11) is 0. The molecule has 0 radical (unpaired) electrons. The topological polar surface area (TPSA) is 24.4 Å². The highest BCUT2D eigenvalue weighted by Crippen LogP contribution is 2.43. The maximum absolute atomic E-state index is 4.97. The van der Waals surface area contributed by atoms with Crippen molar-refractivity contribution in [1.82, 2.24) is 0 Å². The molecule has 0 amide bonds. The Kier molecular flexibility index (Phi) is 5.41. The van der Waals surface area contributed by atoms with E-state index < -0.39 is 0 Å². The molecule has 3 aliphatic rings. The summed E-state index contributed by atoms with van der Waals surface area (Å²) in [5.41, 5.74) is 10.9. The van der Waals surface area contributed by atoms with Gasteiger partial charge in [-0.3, -0.25) is 4.99 Å². The number of anilines is 1. The third-order valence-corrected chi connectivity index (χ3v) is 7.43. The summed E-state index contributed by atoms with van der Waals surface area (Å²) in [5.74, 6) is 0.683. The van der Waals surface area contributed by atoms with Gasteiger partial charge in [-0.2, -0.15) is 0 Å². The lowest BCUT2D eigenvalue weighted by molar-refractivity contribution is 0.547. The van der Waals surface area contributed by atoms with Crippen molar-refractivity contribution in [1.29, 1.82) is 0 Å². The van der Waals surface area contributed by atoms with Crippen molar-refractivity contribution in [2.75, 3.05) is 5.32 Å². The molecule has 0 spiro atoms. The second kappa shape index (κ2) is 8.24. The van der Waals surface area contributed by atoms with E-state index in [0.717, 1.165) is 25.7 Å². The van der Waals surface area contributed by atoms with Crippen LogP contribution in [0.5, 0.6) is 0 Å². The van der Waals surface area contributed by atoms with Gasteiger partial charge in [-0.05, 0) is 97.9 Å². The van der Waals surface area contributed by atoms with E-state index in [0.29, 0.717) is 5.92 Å². The van der Waals surface area contributed by atoms with Crippen molar-refractivity contribution in [3.63, 3.8) is 0 Å². The van der Waals surface area contributed by atoms with Crippen molar-refractivity contribution in [3.8, 4) is 0 Å². The van der Waals surface area contributed by atoms with E-state index in [1.807, 2.05) is 0 Å². The van der Waals surface area contributed by atoms with E-state index >= 15 is 0 Å². The highest BCUT2D eigenvalue weighted by atomic mass is 15.0. The summed E-state index contributed by atoms with van der Waals surface area (Å²) in [5, 5.41) is 3.88. The molecule has 2 heteroatoms. The molecule has 2 aromatic carbocycles. The number of hydrogen-bond acceptors (Lipinski definition) is 2. The predicted molar refractivity (Wildman–Crippen MR) is 137 cm³/mol. The van der Waals surface area contributed by atoms with E-state index in [1.165, 1.54) is 44.8 Å². The van der Waals surface area contributed by atoms with Crippen LogP contribution in [0.3, 0.4) is 0 Å². The molecule has 0 saturated carbocycles. The number of nitrogens with zero attached hydrogens (tertiary/aromatic N) is 1. The number of aliphatic imine (C=N–C) groups is 1. The molecular weight excluding hydrogens is 388 g/mol. The number of aryl methyl sites for hydroxylation is 1. The van der Waals surface area contributed by atoms with Gasteiger partial charge in [0.15, 0.2) is 0 Å². The number of rotatable bonds is 5. The smallest absolute Gasteiger partial charge is 0.0513 e. The molecule has 32 heavy (non-hydrogen) atoms. The molecule has 0 bridgehead atoms. The fourth-order valence-corrected chi connectivity index (χ4v) is 5.49. The second-order valence-corrected chi connectivity index (χ2v) is 10.2. The first-order valence-corrected chi connectivity index (χ1v) is 12.0. The van der Waals surface area contributed by atoms with Gasteiger partial charge < -0.3 is 5.32 Å². The minimum absolute atomic E-state index is 0.0930. The van der Waals surface area contributed by atoms with Crippen molar-refractivity contribution >= 4 is 11.9 Å². The predicted octanol–water partition coefficient (Wildman–Crippen LogP) is 7.65. The van der Waals surface area contributed by atoms with Gasteiger partial charge in [0.25, 0.3) is 0 Å². The molecule has 2 nitrogen and oxygen atoms in total. The Balaban J connectivity index is 1.53. The molecule has 5 rings (SSSR count). The normalized spacial score (nSPS) is 22.1. The van der Waals surface area contributed by atoms with Gasteiger partial charge in [0.2, 0.25) is 0 Å². The van der Waals surface area contributed by atoms with E-state index in [9.17, 15) is 0 Å². The van der Waals surface area contributed by atoms with Crippen LogP contribution in [0, 0.1) is 19.8 Å². The molecule has 2 atom stereocenters. The number of benzene rings is 2. The third kappa shape index (κ3) is 3.99. The van der Waals surface area contributed by atoms with Crippen molar-refractivity contribution in [2.24, 2.45) is 10.9 Å². The second-order valence-electron chi connectivity index (χ2n) is 10.2. The van der Waals surface area contributed by atoms with Crippen LogP contribution >= 0.6 is 0 Å². The molecule has 1 N–H and O–H groups in total. The monoisotopic (exact) mass is 422 g/mol. The minimum Gasteiger partial charge on any atom is -0.379 e. The molecule has 1 aliphatic heterocycles. The quantitative estimate of drug-likeness (QED) is 0.526. The first kappa shape index (κ1) is 21.0. The molecule has 0 aromatic heterocycles. The Morgan fingerprint density at radius 2 is 1.78 bits per heavy atom. The summed E-state index contributed by atoms with van der Waals surface area (Å²) in [6.45, 7) is 9.12. The third-order valence-electron chi connectivity index (χ3n) is 7.43. The summed E-state index contributed by atoms with van der Waals surface area (Å²) >= 11 is 0. The van der Waals surface area contributed by atoms with Gasteiger partial charge in [-0.15, -0.1) is 0 Å². The Bertz CT molecular complexity index is 1140. The van der Waals surface area contributed by atoms with E-state index in [-0.39, 0.29) is 11.5 Å². The fourth-order valence-electron chi connectivity index (χ4n) is 5.49. The van der Waals surface area contributed by atoms with E-state index in [1.54, 1.807) is 0 Å². The molecular formula is C30H34N2. The Hall–Kier alpha value is -2.87. The van der Waals surface area contributed by atoms with Crippen LogP contribution in [-0.4, -0.2) is 11.8 Å². The zero-order chi connectivity index (χ0) is 22.3. The average molecular weight is 423 g/mol. The van der Waals surface area contributed by atoms with Crippen molar-refractivity contribution in [2.45, 2.75) is 64.8 Å². The minimum atomic E-state index is 0.0930. The summed E-state index contributed by atoms with van der Waals surface area (Å²) < 4.78 is 0. The van der Waals surface area contributed by atoms with Crippen molar-refractivity contribution < 1.29 is 0 Å². The lowest BCUT2D eigenvalue weighted by Gasteiger charge is -2.28. The van der Waals surface area contributed by atoms with Crippen LogP contribution in [0.15, 0.2) is 82.5 Å². The molecule has 2 aliphatic carbocycles. The lowest BCUT2D eigenvalue weighted by atomic mass is 9.83. The summed E-state index contributed by atoms with van der Waals surface area (Å²) in [4.78, 5) is 4.97. The Morgan fingerprint density at radius 3 is 2.53 bits per heavy atom. The zero-order valence-electron chi connectivity index (χ0n) is 19.8. The highest BCUT2D eigenvalue weighted by molar-refractivity contribution is 5.62. The number of allylic oxidation sites excluding steroid dienone is 4. The highest BCUT2D eigenvalue weighted by Gasteiger charge is 2.35. The number of nitrogens with one attached hydrogen (secondary N) is 1. The zero-order valence-corrected chi connectivity index (χ0v) is 19.8. The first-order chi connectivity index (χ1) is 15.4. The standard InChI is InChI=1S/C30H34N2/c1-20-8-7-15-31-28(16-20)29(27-12-5-9-21(2)22(27)3)23-10-6-11-26(17-23)32-30(4)18-24-13-14-25(24)19-30/h5-6,9-17,20,29,32H,7-8,18-19H2,1-4H3. The molecule has 164 valence electrons. The van der Waals surface area contributed by atoms with E-state index in [2.05, 4.69) is 99.9 Å². The van der Waals surface area contributed by atoms with Gasteiger partial charge in [-0.1, -0.05) is 55.5 Å². The summed E-state index contributed by atoms with van der Waals surface area (Å²) in [6.07, 6.45) is 13.5. The van der Waals surface area contributed by atoms with Crippen LogP contribution < -0.4 is 5.32 Å². The average Bonchev–Trinajstić information content (AvgIpc) is 2.88. The first-order valence-electron chi connectivity index (χ1n) is 12.0. The lowest BCUT2D eigenvalue weighted by Crippen LogP contribution is -2.31. The molecule has 2 aromatic rings. The van der Waals surface area contributed by atoms with Crippen LogP contribution in [0.25, 0.3) is 0 Å². The van der Waals surface area contributed by atoms with E-state index in [4.69, 9.17) is 4.99 Å². The number of hydrogen-bond donors (Lipinski definition) is 1. The fraction of sp³-hybridized carbons (Fsp3) is 0.367. The molecule has 0 saturated heterocycles. The maximum atomic E-state index is 4.97. The SMILES string of the molecule is Cc1cccc(C(C2=CC(C)CCC=N2)c2cccc(NC3(C)CC4=C(C=C4)C3)c2)c1C. The Labute approximate surface area is 192 Å². The van der Waals surface area contributed by atoms with Crippen LogP contribution in [0.2, 0.25) is 0 Å². The molecule has 2 unspecified atom stereocenters. The summed E-state index contributed by atoms with van der Waals surface area (Å²) in [6, 6.07) is 15.7.